The minimum absolute atomic E-state index is 0.0136. The lowest BCUT2D eigenvalue weighted by molar-refractivity contribution is -0.129. The van der Waals surface area contributed by atoms with Gasteiger partial charge in [-0.05, 0) is 37.2 Å². The summed E-state index contributed by atoms with van der Waals surface area (Å²) in [4.78, 5) is 0. The smallest absolute Gasteiger partial charge is 0.105 e. The number of hydrogen-bond donors (Lipinski definition) is 2. The van der Waals surface area contributed by atoms with E-state index in [4.69, 9.17) is 4.74 Å². The molecule has 1 aromatic carbocycles. The van der Waals surface area contributed by atoms with Crippen molar-refractivity contribution in [1.82, 2.24) is 0 Å². The van der Waals surface area contributed by atoms with Crippen LogP contribution in [-0.4, -0.2) is 28.5 Å². The van der Waals surface area contributed by atoms with Crippen LogP contribution in [0, 0.1) is 5.92 Å². The SMILES string of the molecule is OC(c1ccccc1)C(O)C1CCOC2(CCCC2)C1. The van der Waals surface area contributed by atoms with Crippen molar-refractivity contribution < 1.29 is 14.9 Å². The maximum atomic E-state index is 10.5. The van der Waals surface area contributed by atoms with Gasteiger partial charge in [0.05, 0.1) is 11.7 Å². The Morgan fingerprint density at radius 1 is 1.10 bits per heavy atom. The summed E-state index contributed by atoms with van der Waals surface area (Å²) in [6.07, 6.45) is 4.91. The van der Waals surface area contributed by atoms with Crippen LogP contribution in [0.25, 0.3) is 0 Å². The number of benzene rings is 1. The summed E-state index contributed by atoms with van der Waals surface area (Å²) >= 11 is 0. The quantitative estimate of drug-likeness (QED) is 0.892. The van der Waals surface area contributed by atoms with E-state index in [9.17, 15) is 10.2 Å². The van der Waals surface area contributed by atoms with E-state index in [-0.39, 0.29) is 11.5 Å². The van der Waals surface area contributed by atoms with Gasteiger partial charge in [0, 0.05) is 6.61 Å². The Morgan fingerprint density at radius 3 is 2.50 bits per heavy atom. The van der Waals surface area contributed by atoms with E-state index in [0.29, 0.717) is 6.61 Å². The van der Waals surface area contributed by atoms with Gasteiger partial charge < -0.3 is 14.9 Å². The van der Waals surface area contributed by atoms with E-state index in [0.717, 1.165) is 31.2 Å². The van der Waals surface area contributed by atoms with Gasteiger partial charge in [-0.25, -0.2) is 0 Å². The molecule has 3 atom stereocenters. The zero-order valence-corrected chi connectivity index (χ0v) is 11.9. The third-order valence-electron chi connectivity index (χ3n) is 4.99. The van der Waals surface area contributed by atoms with Crippen molar-refractivity contribution in [3.8, 4) is 0 Å². The minimum atomic E-state index is -0.794. The number of aliphatic hydroxyl groups is 2. The molecule has 0 amide bonds. The van der Waals surface area contributed by atoms with E-state index >= 15 is 0 Å². The second-order valence-electron chi connectivity index (χ2n) is 6.34. The van der Waals surface area contributed by atoms with Crippen LogP contribution < -0.4 is 0 Å². The van der Waals surface area contributed by atoms with Crippen molar-refractivity contribution in [1.29, 1.82) is 0 Å². The van der Waals surface area contributed by atoms with Gasteiger partial charge in [0.2, 0.25) is 0 Å². The molecule has 1 aromatic rings. The zero-order chi connectivity index (χ0) is 14.0. The Labute approximate surface area is 120 Å². The molecule has 0 aromatic heterocycles. The van der Waals surface area contributed by atoms with Gasteiger partial charge >= 0.3 is 0 Å². The van der Waals surface area contributed by atoms with Crippen LogP contribution in [0.1, 0.15) is 50.2 Å². The predicted molar refractivity (Wildman–Crippen MR) is 77.3 cm³/mol. The summed E-state index contributed by atoms with van der Waals surface area (Å²) in [6.45, 7) is 0.712. The topological polar surface area (TPSA) is 49.7 Å². The van der Waals surface area contributed by atoms with Crippen molar-refractivity contribution in [2.45, 2.75) is 56.3 Å². The highest BCUT2D eigenvalue weighted by Crippen LogP contribution is 2.44. The Balaban J connectivity index is 1.68. The minimum Gasteiger partial charge on any atom is -0.390 e. The van der Waals surface area contributed by atoms with E-state index in [1.54, 1.807) is 0 Å². The molecular formula is C17H24O3. The first kappa shape index (κ1) is 14.1. The fourth-order valence-corrected chi connectivity index (χ4v) is 3.83. The molecular weight excluding hydrogens is 252 g/mol. The normalized spacial score (nSPS) is 28.4. The standard InChI is InChI=1S/C17H24O3/c18-15(13-6-2-1-3-7-13)16(19)14-8-11-20-17(12-14)9-4-5-10-17/h1-3,6-7,14-16,18-19H,4-5,8-12H2. The average Bonchev–Trinajstić information content (AvgIpc) is 2.94. The summed E-state index contributed by atoms with van der Waals surface area (Å²) in [5.74, 6) is 0.136. The van der Waals surface area contributed by atoms with Crippen LogP contribution in [-0.2, 0) is 4.74 Å². The molecule has 3 nitrogen and oxygen atoms in total. The highest BCUT2D eigenvalue weighted by atomic mass is 16.5. The summed E-state index contributed by atoms with van der Waals surface area (Å²) < 4.78 is 6.00. The Morgan fingerprint density at radius 2 is 1.80 bits per heavy atom. The Kier molecular flexibility index (Phi) is 4.11. The summed E-state index contributed by atoms with van der Waals surface area (Å²) in [5, 5.41) is 20.9. The molecule has 110 valence electrons. The van der Waals surface area contributed by atoms with Gasteiger partial charge in [0.15, 0.2) is 0 Å². The molecule has 1 saturated heterocycles. The fourth-order valence-electron chi connectivity index (χ4n) is 3.83. The van der Waals surface area contributed by atoms with Crippen molar-refractivity contribution >= 4 is 0 Å². The highest BCUT2D eigenvalue weighted by Gasteiger charge is 2.43. The van der Waals surface area contributed by atoms with Crippen LogP contribution >= 0.6 is 0 Å². The lowest BCUT2D eigenvalue weighted by Gasteiger charge is -2.41. The van der Waals surface area contributed by atoms with Gasteiger partial charge in [-0.3, -0.25) is 0 Å². The average molecular weight is 276 g/mol. The van der Waals surface area contributed by atoms with Crippen molar-refractivity contribution in [3.05, 3.63) is 35.9 Å². The predicted octanol–water partition coefficient (Wildman–Crippen LogP) is 2.82. The molecule has 2 aliphatic rings. The lowest BCUT2D eigenvalue weighted by Crippen LogP contribution is -2.42. The largest absolute Gasteiger partial charge is 0.390 e. The zero-order valence-electron chi connectivity index (χ0n) is 11.9. The number of ether oxygens (including phenoxy) is 1. The Hall–Kier alpha value is -0.900. The van der Waals surface area contributed by atoms with Crippen molar-refractivity contribution in [3.63, 3.8) is 0 Å². The molecule has 3 heteroatoms. The van der Waals surface area contributed by atoms with Crippen LogP contribution in [0.4, 0.5) is 0 Å². The van der Waals surface area contributed by atoms with E-state index in [2.05, 4.69) is 0 Å². The third kappa shape index (κ3) is 2.76. The van der Waals surface area contributed by atoms with Crippen LogP contribution in [0.15, 0.2) is 30.3 Å². The molecule has 2 N–H and O–H groups in total. The summed E-state index contributed by atoms with van der Waals surface area (Å²) in [5.41, 5.74) is 0.785. The lowest BCUT2D eigenvalue weighted by atomic mass is 9.79. The molecule has 3 rings (SSSR count). The molecule has 20 heavy (non-hydrogen) atoms. The Bertz CT molecular complexity index is 425. The van der Waals surface area contributed by atoms with Gasteiger partial charge in [0.25, 0.3) is 0 Å². The van der Waals surface area contributed by atoms with Gasteiger partial charge in [-0.2, -0.15) is 0 Å². The van der Waals surface area contributed by atoms with Gasteiger partial charge in [-0.15, -0.1) is 0 Å². The first-order valence-corrected chi connectivity index (χ1v) is 7.75. The van der Waals surface area contributed by atoms with Crippen molar-refractivity contribution in [2.75, 3.05) is 6.61 Å². The number of aliphatic hydroxyl groups excluding tert-OH is 2. The molecule has 1 heterocycles. The first-order valence-electron chi connectivity index (χ1n) is 7.75. The molecule has 1 aliphatic heterocycles. The molecule has 0 radical (unpaired) electrons. The van der Waals surface area contributed by atoms with Crippen LogP contribution in [0.5, 0.6) is 0 Å². The molecule has 1 aliphatic carbocycles. The van der Waals surface area contributed by atoms with E-state index in [1.165, 1.54) is 12.8 Å². The molecule has 2 fully saturated rings. The summed E-state index contributed by atoms with van der Waals surface area (Å²) in [7, 11) is 0. The van der Waals surface area contributed by atoms with Gasteiger partial charge in [-0.1, -0.05) is 43.2 Å². The van der Waals surface area contributed by atoms with Crippen molar-refractivity contribution in [2.24, 2.45) is 5.92 Å². The molecule has 1 spiro atoms. The van der Waals surface area contributed by atoms with Gasteiger partial charge in [0.1, 0.15) is 6.10 Å². The number of rotatable bonds is 3. The molecule has 3 unspecified atom stereocenters. The maximum Gasteiger partial charge on any atom is 0.105 e. The highest BCUT2D eigenvalue weighted by molar-refractivity contribution is 5.18. The van der Waals surface area contributed by atoms with Crippen LogP contribution in [0.3, 0.4) is 0 Å². The van der Waals surface area contributed by atoms with E-state index in [1.807, 2.05) is 30.3 Å². The molecule has 0 bridgehead atoms. The summed E-state index contributed by atoms with van der Waals surface area (Å²) in [6, 6.07) is 9.46. The van der Waals surface area contributed by atoms with Crippen LogP contribution in [0.2, 0.25) is 0 Å². The second-order valence-corrected chi connectivity index (χ2v) is 6.34. The molecule has 1 saturated carbocycles. The monoisotopic (exact) mass is 276 g/mol. The van der Waals surface area contributed by atoms with E-state index < -0.39 is 12.2 Å². The first-order chi connectivity index (χ1) is 9.70. The number of hydrogen-bond acceptors (Lipinski definition) is 3. The second kappa shape index (κ2) is 5.84. The fraction of sp³-hybridized carbons (Fsp3) is 0.647. The third-order valence-corrected chi connectivity index (χ3v) is 4.99. The maximum absolute atomic E-state index is 10.5.